The van der Waals surface area contributed by atoms with Crippen molar-refractivity contribution in [1.29, 1.82) is 0 Å². The van der Waals surface area contributed by atoms with E-state index in [1.54, 1.807) is 5.51 Å². The quantitative estimate of drug-likeness (QED) is 0.187. The molecule has 0 bridgehead atoms. The van der Waals surface area contributed by atoms with E-state index >= 15 is 0 Å². The first-order valence-corrected chi connectivity index (χ1v) is 13.1. The fraction of sp³-hybridized carbons (Fsp3) is 0.385. The van der Waals surface area contributed by atoms with Crippen LogP contribution in [0.1, 0.15) is 30.5 Å². The van der Waals surface area contributed by atoms with E-state index in [9.17, 15) is 14.4 Å². The van der Waals surface area contributed by atoms with Gasteiger partial charge >= 0.3 is 0 Å². The Balaban J connectivity index is 1.53. The summed E-state index contributed by atoms with van der Waals surface area (Å²) in [6, 6.07) is 12.1. The van der Waals surface area contributed by atoms with Crippen LogP contribution in [0.3, 0.4) is 0 Å². The maximum absolute atomic E-state index is 13.5. The molecule has 3 amide bonds. The van der Waals surface area contributed by atoms with Gasteiger partial charge in [0.2, 0.25) is 11.8 Å². The number of amides is 3. The van der Waals surface area contributed by atoms with Crippen LogP contribution in [0.4, 0.5) is 0 Å². The molecular weight excluding hydrogens is 476 g/mol. The molecule has 1 unspecified atom stereocenters. The van der Waals surface area contributed by atoms with Crippen molar-refractivity contribution in [3.8, 4) is 0 Å². The molecule has 0 spiro atoms. The molecule has 9 nitrogen and oxygen atoms in total. The van der Waals surface area contributed by atoms with Crippen molar-refractivity contribution in [2.45, 2.75) is 44.2 Å². The lowest BCUT2D eigenvalue weighted by Crippen LogP contribution is -2.56. The molecule has 0 aliphatic carbocycles. The van der Waals surface area contributed by atoms with Gasteiger partial charge in [-0.05, 0) is 42.3 Å². The van der Waals surface area contributed by atoms with Gasteiger partial charge in [-0.3, -0.25) is 24.7 Å². The average molecular weight is 509 g/mol. The Bertz CT molecular complexity index is 1170. The molecule has 1 aliphatic heterocycles. The zero-order chi connectivity index (χ0) is 25.3. The summed E-state index contributed by atoms with van der Waals surface area (Å²) in [6.07, 6.45) is 3.79. The standard InChI is InChI=1S/C26H32N6O3S/c27-31-26(35)23(14-20-16-36-17-28-20)30-25(34)22(29-24(33)15-32-11-4-1-5-12-32)13-19-9-6-8-18-7-2-3-10-21(18)19/h2-3,6-10,16-17,22-23H,1,4-5,11-15,27H2,(H,29,33)(H,30,34)(H,31,35)/t22-,23?/m0/s1. The predicted octanol–water partition coefficient (Wildman–Crippen LogP) is 1.53. The number of likely N-dealkylation sites (tertiary alicyclic amines) is 1. The molecule has 1 fully saturated rings. The number of hydrogen-bond donors (Lipinski definition) is 4. The molecule has 1 aliphatic rings. The fourth-order valence-corrected chi connectivity index (χ4v) is 5.16. The van der Waals surface area contributed by atoms with E-state index in [0.717, 1.165) is 42.3 Å². The lowest BCUT2D eigenvalue weighted by molar-refractivity contribution is -0.132. The van der Waals surface area contributed by atoms with Gasteiger partial charge in [0.15, 0.2) is 0 Å². The fourth-order valence-electron chi connectivity index (χ4n) is 4.59. The van der Waals surface area contributed by atoms with Crippen molar-refractivity contribution in [3.63, 3.8) is 0 Å². The third kappa shape index (κ3) is 6.87. The topological polar surface area (TPSA) is 129 Å². The number of nitrogens with one attached hydrogen (secondary N) is 3. The highest BCUT2D eigenvalue weighted by Gasteiger charge is 2.28. The highest BCUT2D eigenvalue weighted by atomic mass is 32.1. The first-order chi connectivity index (χ1) is 17.5. The molecule has 2 aromatic carbocycles. The van der Waals surface area contributed by atoms with Gasteiger partial charge in [0.25, 0.3) is 5.91 Å². The Hall–Kier alpha value is -3.34. The van der Waals surface area contributed by atoms with Gasteiger partial charge in [-0.1, -0.05) is 48.9 Å². The molecule has 10 heteroatoms. The number of hydrogen-bond acceptors (Lipinski definition) is 7. The largest absolute Gasteiger partial charge is 0.343 e. The van der Waals surface area contributed by atoms with Crippen molar-refractivity contribution in [2.24, 2.45) is 5.84 Å². The van der Waals surface area contributed by atoms with Crippen LogP contribution in [0.15, 0.2) is 53.4 Å². The summed E-state index contributed by atoms with van der Waals surface area (Å²) in [5.41, 5.74) is 5.39. The SMILES string of the molecule is NNC(=O)C(Cc1cscn1)NC(=O)[C@H](Cc1cccc2ccccc12)NC(=O)CN1CCCCC1. The number of nitrogens with zero attached hydrogens (tertiary/aromatic N) is 2. The van der Waals surface area contributed by atoms with Crippen LogP contribution in [-0.2, 0) is 27.2 Å². The number of nitrogens with two attached hydrogens (primary N) is 1. The monoisotopic (exact) mass is 508 g/mol. The van der Waals surface area contributed by atoms with Crippen molar-refractivity contribution in [1.82, 2.24) is 25.9 Å². The molecule has 3 aromatic rings. The maximum atomic E-state index is 13.5. The van der Waals surface area contributed by atoms with Crippen molar-refractivity contribution in [3.05, 3.63) is 64.6 Å². The second kappa shape index (κ2) is 12.6. The van der Waals surface area contributed by atoms with Gasteiger partial charge in [0.05, 0.1) is 17.7 Å². The van der Waals surface area contributed by atoms with Crippen molar-refractivity contribution in [2.75, 3.05) is 19.6 Å². The highest BCUT2D eigenvalue weighted by molar-refractivity contribution is 7.07. The lowest BCUT2D eigenvalue weighted by Gasteiger charge is -2.27. The summed E-state index contributed by atoms with van der Waals surface area (Å²) < 4.78 is 0. The van der Waals surface area contributed by atoms with E-state index in [-0.39, 0.29) is 25.3 Å². The van der Waals surface area contributed by atoms with Gasteiger partial charge in [-0.2, -0.15) is 0 Å². The molecular formula is C26H32N6O3S. The molecule has 2 heterocycles. The number of piperidine rings is 1. The number of thiazole rings is 1. The molecule has 1 saturated heterocycles. The Morgan fingerprint density at radius 3 is 2.44 bits per heavy atom. The molecule has 0 saturated carbocycles. The van der Waals surface area contributed by atoms with Crippen molar-refractivity contribution >= 4 is 39.8 Å². The van der Waals surface area contributed by atoms with E-state index in [1.165, 1.54) is 17.8 Å². The van der Waals surface area contributed by atoms with E-state index in [2.05, 4.69) is 25.9 Å². The molecule has 36 heavy (non-hydrogen) atoms. The van der Waals surface area contributed by atoms with E-state index < -0.39 is 23.9 Å². The summed E-state index contributed by atoms with van der Waals surface area (Å²) in [6.45, 7) is 1.99. The van der Waals surface area contributed by atoms with Gasteiger partial charge < -0.3 is 10.6 Å². The minimum absolute atomic E-state index is 0.195. The summed E-state index contributed by atoms with van der Waals surface area (Å²) >= 11 is 1.41. The summed E-state index contributed by atoms with van der Waals surface area (Å²) in [5, 5.41) is 9.60. The number of aromatic nitrogens is 1. The van der Waals surface area contributed by atoms with Crippen LogP contribution in [0.2, 0.25) is 0 Å². The number of benzene rings is 2. The first kappa shape index (κ1) is 25.7. The Morgan fingerprint density at radius 1 is 0.944 bits per heavy atom. The third-order valence-corrected chi connectivity index (χ3v) is 7.08. The molecule has 190 valence electrons. The summed E-state index contributed by atoms with van der Waals surface area (Å²) in [7, 11) is 0. The van der Waals surface area contributed by atoms with Crippen molar-refractivity contribution < 1.29 is 14.4 Å². The van der Waals surface area contributed by atoms with Crippen LogP contribution in [0.25, 0.3) is 10.8 Å². The number of fused-ring (bicyclic) bond motifs is 1. The van der Waals surface area contributed by atoms with Gasteiger partial charge in [0.1, 0.15) is 12.1 Å². The summed E-state index contributed by atoms with van der Waals surface area (Å²) in [5.74, 6) is 4.20. The minimum atomic E-state index is -0.918. The Kier molecular flexibility index (Phi) is 8.99. The normalized spacial score (nSPS) is 15.7. The van der Waals surface area contributed by atoms with Gasteiger partial charge in [-0.25, -0.2) is 10.8 Å². The van der Waals surface area contributed by atoms with Crippen LogP contribution >= 0.6 is 11.3 Å². The predicted molar refractivity (Wildman–Crippen MR) is 140 cm³/mol. The van der Waals surface area contributed by atoms with E-state index in [4.69, 9.17) is 5.84 Å². The summed E-state index contributed by atoms with van der Waals surface area (Å²) in [4.78, 5) is 45.2. The number of carbonyl (C=O) groups excluding carboxylic acids is 3. The number of rotatable bonds is 10. The molecule has 4 rings (SSSR count). The van der Waals surface area contributed by atoms with Crippen LogP contribution < -0.4 is 21.9 Å². The second-order valence-corrected chi connectivity index (χ2v) is 9.77. The van der Waals surface area contributed by atoms with Gasteiger partial charge in [-0.15, -0.1) is 11.3 Å². The van der Waals surface area contributed by atoms with Crippen LogP contribution in [0, 0.1) is 0 Å². The smallest absolute Gasteiger partial charge is 0.256 e. The molecule has 0 radical (unpaired) electrons. The highest BCUT2D eigenvalue weighted by Crippen LogP contribution is 2.20. The maximum Gasteiger partial charge on any atom is 0.256 e. The average Bonchev–Trinajstić information content (AvgIpc) is 3.41. The molecule has 5 N–H and O–H groups in total. The zero-order valence-corrected chi connectivity index (χ0v) is 20.9. The molecule has 1 aromatic heterocycles. The first-order valence-electron chi connectivity index (χ1n) is 12.2. The number of carbonyl (C=O) groups is 3. The van der Waals surface area contributed by atoms with Crippen LogP contribution in [0.5, 0.6) is 0 Å². The Labute approximate surface area is 214 Å². The van der Waals surface area contributed by atoms with E-state index in [0.29, 0.717) is 5.69 Å². The third-order valence-electron chi connectivity index (χ3n) is 6.44. The second-order valence-electron chi connectivity index (χ2n) is 9.05. The van der Waals surface area contributed by atoms with E-state index in [1.807, 2.05) is 47.8 Å². The van der Waals surface area contributed by atoms with Crippen LogP contribution in [-0.4, -0.2) is 59.3 Å². The minimum Gasteiger partial charge on any atom is -0.343 e. The van der Waals surface area contributed by atoms with Gasteiger partial charge in [0, 0.05) is 18.2 Å². The Morgan fingerprint density at radius 2 is 1.69 bits per heavy atom. The molecule has 2 atom stereocenters. The number of hydrazine groups is 1. The lowest BCUT2D eigenvalue weighted by atomic mass is 9.98. The zero-order valence-electron chi connectivity index (χ0n) is 20.1.